The molecule has 5 nitrogen and oxygen atoms in total. The van der Waals surface area contributed by atoms with Gasteiger partial charge in [0.25, 0.3) is 0 Å². The fourth-order valence-electron chi connectivity index (χ4n) is 3.04. The lowest BCUT2D eigenvalue weighted by Crippen LogP contribution is -2.33. The van der Waals surface area contributed by atoms with Crippen LogP contribution in [0, 0.1) is 5.92 Å². The summed E-state index contributed by atoms with van der Waals surface area (Å²) in [6.45, 7) is 4.46. The standard InChI is InChI=1S/C20H25N3O2S/c1-15-8-10-23(11-9-15)17-6-4-16(5-7-17)22-20(25)14-21-19(24)13-18-3-2-12-26-18/h2-7,12,15H,8-11,13-14H2,1H3,(H,21,24)(H,22,25). The van der Waals surface area contributed by atoms with Gasteiger partial charge in [-0.3, -0.25) is 9.59 Å². The quantitative estimate of drug-likeness (QED) is 0.819. The molecule has 0 radical (unpaired) electrons. The number of carbonyl (C=O) groups excluding carboxylic acids is 2. The van der Waals surface area contributed by atoms with Crippen molar-refractivity contribution in [3.8, 4) is 0 Å². The van der Waals surface area contributed by atoms with Crippen molar-refractivity contribution in [1.29, 1.82) is 0 Å². The van der Waals surface area contributed by atoms with Gasteiger partial charge in [-0.25, -0.2) is 0 Å². The third kappa shape index (κ3) is 5.33. The molecule has 2 aromatic rings. The summed E-state index contributed by atoms with van der Waals surface area (Å²) in [7, 11) is 0. The Bertz CT molecular complexity index is 720. The molecule has 2 N–H and O–H groups in total. The average Bonchev–Trinajstić information content (AvgIpc) is 3.14. The van der Waals surface area contributed by atoms with E-state index in [9.17, 15) is 9.59 Å². The van der Waals surface area contributed by atoms with Crippen LogP contribution in [0.3, 0.4) is 0 Å². The number of thiophene rings is 1. The molecule has 1 fully saturated rings. The van der Waals surface area contributed by atoms with Crippen LogP contribution in [0.5, 0.6) is 0 Å². The molecule has 0 bridgehead atoms. The summed E-state index contributed by atoms with van der Waals surface area (Å²) in [5.74, 6) is 0.446. The van der Waals surface area contributed by atoms with E-state index in [0.29, 0.717) is 6.42 Å². The highest BCUT2D eigenvalue weighted by molar-refractivity contribution is 7.10. The average molecular weight is 372 g/mol. The molecule has 138 valence electrons. The molecule has 1 saturated heterocycles. The van der Waals surface area contributed by atoms with Crippen LogP contribution in [-0.2, 0) is 16.0 Å². The molecule has 1 aromatic carbocycles. The Balaban J connectivity index is 1.43. The fraction of sp³-hybridized carbons (Fsp3) is 0.400. The Kier molecular flexibility index (Phi) is 6.28. The van der Waals surface area contributed by atoms with Gasteiger partial charge in [0.05, 0.1) is 13.0 Å². The van der Waals surface area contributed by atoms with E-state index in [1.54, 1.807) is 0 Å². The lowest BCUT2D eigenvalue weighted by molar-refractivity contribution is -0.123. The molecule has 0 saturated carbocycles. The van der Waals surface area contributed by atoms with Crippen LogP contribution in [-0.4, -0.2) is 31.4 Å². The van der Waals surface area contributed by atoms with Crippen LogP contribution < -0.4 is 15.5 Å². The minimum atomic E-state index is -0.218. The lowest BCUT2D eigenvalue weighted by atomic mass is 9.99. The summed E-state index contributed by atoms with van der Waals surface area (Å²) < 4.78 is 0. The van der Waals surface area contributed by atoms with E-state index in [2.05, 4.69) is 22.5 Å². The van der Waals surface area contributed by atoms with Crippen molar-refractivity contribution < 1.29 is 9.59 Å². The number of hydrogen-bond acceptors (Lipinski definition) is 4. The number of piperidine rings is 1. The van der Waals surface area contributed by atoms with Crippen molar-refractivity contribution >= 4 is 34.5 Å². The van der Waals surface area contributed by atoms with E-state index < -0.39 is 0 Å². The first-order chi connectivity index (χ1) is 12.6. The molecule has 2 heterocycles. The number of amides is 2. The van der Waals surface area contributed by atoms with Gasteiger partial charge in [-0.1, -0.05) is 13.0 Å². The number of benzene rings is 1. The van der Waals surface area contributed by atoms with Gasteiger partial charge in [-0.05, 0) is 54.5 Å². The largest absolute Gasteiger partial charge is 0.372 e. The predicted octanol–water partition coefficient (Wildman–Crippen LogP) is 3.28. The predicted molar refractivity (Wildman–Crippen MR) is 107 cm³/mol. The second-order valence-electron chi connectivity index (χ2n) is 6.80. The molecular formula is C20H25N3O2S. The zero-order valence-electron chi connectivity index (χ0n) is 15.0. The molecular weight excluding hydrogens is 346 g/mol. The minimum Gasteiger partial charge on any atom is -0.372 e. The highest BCUT2D eigenvalue weighted by Gasteiger charge is 2.16. The summed E-state index contributed by atoms with van der Waals surface area (Å²) >= 11 is 1.54. The Hall–Kier alpha value is -2.34. The van der Waals surface area contributed by atoms with Crippen molar-refractivity contribution in [2.75, 3.05) is 29.9 Å². The Morgan fingerprint density at radius 3 is 2.50 bits per heavy atom. The highest BCUT2D eigenvalue weighted by atomic mass is 32.1. The third-order valence-electron chi connectivity index (χ3n) is 4.66. The maximum atomic E-state index is 12.0. The molecule has 1 aromatic heterocycles. The number of carbonyl (C=O) groups is 2. The Morgan fingerprint density at radius 1 is 1.12 bits per heavy atom. The second-order valence-corrected chi connectivity index (χ2v) is 7.83. The van der Waals surface area contributed by atoms with Gasteiger partial charge in [-0.2, -0.15) is 0 Å². The van der Waals surface area contributed by atoms with Crippen LogP contribution in [0.1, 0.15) is 24.6 Å². The monoisotopic (exact) mass is 371 g/mol. The maximum absolute atomic E-state index is 12.0. The summed E-state index contributed by atoms with van der Waals surface area (Å²) in [6, 6.07) is 11.7. The molecule has 1 aliphatic heterocycles. The topological polar surface area (TPSA) is 61.4 Å². The number of nitrogens with zero attached hydrogens (tertiary/aromatic N) is 1. The fourth-order valence-corrected chi connectivity index (χ4v) is 3.74. The van der Waals surface area contributed by atoms with Crippen molar-refractivity contribution in [2.24, 2.45) is 5.92 Å². The molecule has 6 heteroatoms. The van der Waals surface area contributed by atoms with E-state index in [1.165, 1.54) is 29.9 Å². The van der Waals surface area contributed by atoms with Crippen molar-refractivity contribution in [3.05, 3.63) is 46.7 Å². The number of anilines is 2. The van der Waals surface area contributed by atoms with Gasteiger partial charge < -0.3 is 15.5 Å². The van der Waals surface area contributed by atoms with Crippen LogP contribution in [0.4, 0.5) is 11.4 Å². The first-order valence-electron chi connectivity index (χ1n) is 9.04. The number of hydrogen-bond donors (Lipinski definition) is 2. The highest BCUT2D eigenvalue weighted by Crippen LogP contribution is 2.24. The van der Waals surface area contributed by atoms with E-state index in [0.717, 1.165) is 29.6 Å². The molecule has 26 heavy (non-hydrogen) atoms. The summed E-state index contributed by atoms with van der Waals surface area (Å²) in [5, 5.41) is 7.41. The van der Waals surface area contributed by atoms with Gasteiger partial charge in [0.1, 0.15) is 0 Å². The normalized spacial score (nSPS) is 14.9. The van der Waals surface area contributed by atoms with Gasteiger partial charge in [0.15, 0.2) is 0 Å². The number of nitrogens with one attached hydrogen (secondary N) is 2. The van der Waals surface area contributed by atoms with Crippen molar-refractivity contribution in [2.45, 2.75) is 26.2 Å². The minimum absolute atomic E-state index is 0.0179. The van der Waals surface area contributed by atoms with Gasteiger partial charge in [0, 0.05) is 29.3 Å². The Labute approximate surface area is 158 Å². The zero-order valence-corrected chi connectivity index (χ0v) is 15.8. The maximum Gasteiger partial charge on any atom is 0.243 e. The Morgan fingerprint density at radius 2 is 1.85 bits per heavy atom. The second kappa shape index (κ2) is 8.85. The van der Waals surface area contributed by atoms with Crippen LogP contribution >= 0.6 is 11.3 Å². The molecule has 0 unspecified atom stereocenters. The van der Waals surface area contributed by atoms with Gasteiger partial charge in [0.2, 0.25) is 11.8 Å². The summed E-state index contributed by atoms with van der Waals surface area (Å²) in [5.41, 5.74) is 1.94. The summed E-state index contributed by atoms with van der Waals surface area (Å²) in [4.78, 5) is 27.2. The van der Waals surface area contributed by atoms with E-state index in [4.69, 9.17) is 0 Å². The zero-order chi connectivity index (χ0) is 18.4. The first-order valence-corrected chi connectivity index (χ1v) is 9.92. The number of rotatable bonds is 6. The first kappa shape index (κ1) is 18.5. The third-order valence-corrected chi connectivity index (χ3v) is 5.54. The van der Waals surface area contributed by atoms with Crippen LogP contribution in [0.15, 0.2) is 41.8 Å². The molecule has 2 amide bonds. The molecule has 3 rings (SSSR count). The van der Waals surface area contributed by atoms with Crippen LogP contribution in [0.25, 0.3) is 0 Å². The van der Waals surface area contributed by atoms with E-state index in [-0.39, 0.29) is 18.4 Å². The summed E-state index contributed by atoms with van der Waals surface area (Å²) in [6.07, 6.45) is 2.77. The van der Waals surface area contributed by atoms with E-state index in [1.807, 2.05) is 41.8 Å². The van der Waals surface area contributed by atoms with E-state index >= 15 is 0 Å². The molecule has 0 atom stereocenters. The lowest BCUT2D eigenvalue weighted by Gasteiger charge is -2.32. The van der Waals surface area contributed by atoms with Gasteiger partial charge in [-0.15, -0.1) is 11.3 Å². The SMILES string of the molecule is CC1CCN(c2ccc(NC(=O)CNC(=O)Cc3cccs3)cc2)CC1. The molecule has 1 aliphatic rings. The van der Waals surface area contributed by atoms with Gasteiger partial charge >= 0.3 is 0 Å². The smallest absolute Gasteiger partial charge is 0.243 e. The molecule has 0 aliphatic carbocycles. The van der Waals surface area contributed by atoms with Crippen molar-refractivity contribution in [3.63, 3.8) is 0 Å². The van der Waals surface area contributed by atoms with Crippen molar-refractivity contribution in [1.82, 2.24) is 5.32 Å². The van der Waals surface area contributed by atoms with Crippen LogP contribution in [0.2, 0.25) is 0 Å². The molecule has 0 spiro atoms.